The van der Waals surface area contributed by atoms with Gasteiger partial charge in [0.1, 0.15) is 4.99 Å². The maximum absolute atomic E-state index is 5.52. The Bertz CT molecular complexity index is 296. The first-order valence-electron chi connectivity index (χ1n) is 3.54. The van der Waals surface area contributed by atoms with Crippen LogP contribution in [0.2, 0.25) is 0 Å². The van der Waals surface area contributed by atoms with Gasteiger partial charge in [0.05, 0.1) is 5.56 Å². The summed E-state index contributed by atoms with van der Waals surface area (Å²) in [5.41, 5.74) is 7.33. The molecule has 2 N–H and O–H groups in total. The van der Waals surface area contributed by atoms with E-state index < -0.39 is 0 Å². The summed E-state index contributed by atoms with van der Waals surface area (Å²) in [6, 6.07) is 1.88. The van der Waals surface area contributed by atoms with E-state index in [0.717, 1.165) is 11.3 Å². The number of rotatable bonds is 2. The van der Waals surface area contributed by atoms with Crippen molar-refractivity contribution in [1.29, 1.82) is 0 Å². The predicted octanol–water partition coefficient (Wildman–Crippen LogP) is 0.782. The quantitative estimate of drug-likeness (QED) is 0.685. The van der Waals surface area contributed by atoms with E-state index >= 15 is 0 Å². The van der Waals surface area contributed by atoms with Crippen LogP contribution in [-0.2, 0) is 0 Å². The van der Waals surface area contributed by atoms with E-state index in [-0.39, 0.29) is 0 Å². The summed E-state index contributed by atoms with van der Waals surface area (Å²) < 4.78 is 0. The minimum Gasteiger partial charge on any atom is -0.389 e. The molecule has 0 aliphatic rings. The third-order valence-corrected chi connectivity index (χ3v) is 1.77. The van der Waals surface area contributed by atoms with Crippen LogP contribution in [0.15, 0.2) is 18.5 Å². The van der Waals surface area contributed by atoms with E-state index in [1.54, 1.807) is 12.4 Å². The number of aromatic nitrogens is 1. The third-order valence-electron chi connectivity index (χ3n) is 1.55. The van der Waals surface area contributed by atoms with Crippen LogP contribution in [-0.4, -0.2) is 24.1 Å². The minimum absolute atomic E-state index is 0.381. The maximum Gasteiger partial charge on any atom is 0.107 e. The molecule has 0 aromatic carbocycles. The highest BCUT2D eigenvalue weighted by molar-refractivity contribution is 7.80. The zero-order valence-corrected chi connectivity index (χ0v) is 7.93. The lowest BCUT2D eigenvalue weighted by Gasteiger charge is -2.15. The van der Waals surface area contributed by atoms with E-state index in [9.17, 15) is 0 Å². The lowest BCUT2D eigenvalue weighted by Crippen LogP contribution is -2.17. The van der Waals surface area contributed by atoms with Crippen LogP contribution < -0.4 is 10.6 Å². The standard InChI is InChI=1S/C8H11N3S/c1-11(2)7-3-4-10-5-6(7)8(9)12/h3-5H,1-2H3,(H2,9,12). The number of hydrogen-bond donors (Lipinski definition) is 1. The predicted molar refractivity (Wildman–Crippen MR) is 54.5 cm³/mol. The second kappa shape index (κ2) is 3.49. The van der Waals surface area contributed by atoms with Gasteiger partial charge in [-0.1, -0.05) is 12.2 Å². The van der Waals surface area contributed by atoms with Gasteiger partial charge in [-0.25, -0.2) is 0 Å². The fourth-order valence-corrected chi connectivity index (χ4v) is 1.12. The molecule has 1 heterocycles. The summed E-state index contributed by atoms with van der Waals surface area (Å²) in [5, 5.41) is 0. The molecule has 0 atom stereocenters. The molecular formula is C8H11N3S. The first-order chi connectivity index (χ1) is 5.63. The van der Waals surface area contributed by atoms with Crippen molar-refractivity contribution < 1.29 is 0 Å². The van der Waals surface area contributed by atoms with Crippen molar-refractivity contribution in [3.8, 4) is 0 Å². The molecule has 64 valence electrons. The van der Waals surface area contributed by atoms with Crippen molar-refractivity contribution in [2.45, 2.75) is 0 Å². The van der Waals surface area contributed by atoms with Gasteiger partial charge in [-0.2, -0.15) is 0 Å². The SMILES string of the molecule is CN(C)c1ccncc1C(N)=S. The summed E-state index contributed by atoms with van der Waals surface area (Å²) in [5.74, 6) is 0. The largest absolute Gasteiger partial charge is 0.389 e. The molecule has 0 amide bonds. The Kier molecular flexibility index (Phi) is 2.60. The van der Waals surface area contributed by atoms with Crippen LogP contribution in [0.25, 0.3) is 0 Å². The molecule has 12 heavy (non-hydrogen) atoms. The highest BCUT2D eigenvalue weighted by Crippen LogP contribution is 2.15. The Morgan fingerprint density at radius 3 is 2.67 bits per heavy atom. The van der Waals surface area contributed by atoms with Gasteiger partial charge in [0.25, 0.3) is 0 Å². The molecule has 3 nitrogen and oxygen atoms in total. The van der Waals surface area contributed by atoms with Crippen molar-refractivity contribution in [3.05, 3.63) is 24.0 Å². The molecule has 0 fully saturated rings. The van der Waals surface area contributed by atoms with Crippen LogP contribution in [0.3, 0.4) is 0 Å². The first kappa shape index (κ1) is 8.93. The van der Waals surface area contributed by atoms with Crippen molar-refractivity contribution in [2.24, 2.45) is 5.73 Å². The Labute approximate surface area is 77.2 Å². The Morgan fingerprint density at radius 1 is 1.58 bits per heavy atom. The minimum atomic E-state index is 0.381. The number of nitrogens with two attached hydrogens (primary N) is 1. The third kappa shape index (κ3) is 1.71. The molecule has 0 saturated carbocycles. The van der Waals surface area contributed by atoms with E-state index in [1.807, 2.05) is 25.1 Å². The number of anilines is 1. The molecule has 0 spiro atoms. The molecule has 0 aliphatic heterocycles. The van der Waals surface area contributed by atoms with Crippen LogP contribution in [0.4, 0.5) is 5.69 Å². The second-order valence-corrected chi connectivity index (χ2v) is 3.09. The van der Waals surface area contributed by atoms with Gasteiger partial charge >= 0.3 is 0 Å². The van der Waals surface area contributed by atoms with Crippen LogP contribution in [0.5, 0.6) is 0 Å². The Balaban J connectivity index is 3.17. The van der Waals surface area contributed by atoms with Crippen LogP contribution in [0.1, 0.15) is 5.56 Å². The second-order valence-electron chi connectivity index (χ2n) is 2.65. The summed E-state index contributed by atoms with van der Waals surface area (Å²) in [4.78, 5) is 6.29. The molecule has 0 bridgehead atoms. The monoisotopic (exact) mass is 181 g/mol. The Morgan fingerprint density at radius 2 is 2.25 bits per heavy atom. The summed E-state index contributed by atoms with van der Waals surface area (Å²) in [6.45, 7) is 0. The highest BCUT2D eigenvalue weighted by Gasteiger charge is 2.05. The maximum atomic E-state index is 5.52. The molecule has 0 unspecified atom stereocenters. The average molecular weight is 181 g/mol. The molecule has 1 rings (SSSR count). The van der Waals surface area contributed by atoms with Gasteiger partial charge in [-0.15, -0.1) is 0 Å². The zero-order valence-electron chi connectivity index (χ0n) is 7.11. The molecule has 1 aromatic rings. The van der Waals surface area contributed by atoms with Crippen molar-refractivity contribution in [3.63, 3.8) is 0 Å². The average Bonchev–Trinajstić information content (AvgIpc) is 2.04. The van der Waals surface area contributed by atoms with Gasteiger partial charge in [0.15, 0.2) is 0 Å². The van der Waals surface area contributed by atoms with E-state index in [0.29, 0.717) is 4.99 Å². The molecule has 0 aliphatic carbocycles. The van der Waals surface area contributed by atoms with Gasteiger partial charge in [-0.05, 0) is 6.07 Å². The molecule has 0 radical (unpaired) electrons. The smallest absolute Gasteiger partial charge is 0.107 e. The van der Waals surface area contributed by atoms with Crippen molar-refractivity contribution in [1.82, 2.24) is 4.98 Å². The summed E-state index contributed by atoms with van der Waals surface area (Å²) in [7, 11) is 3.88. The number of thiocarbonyl (C=S) groups is 1. The fraction of sp³-hybridized carbons (Fsp3) is 0.250. The summed E-state index contributed by atoms with van der Waals surface area (Å²) >= 11 is 4.88. The Hall–Kier alpha value is -1.16. The molecule has 1 aromatic heterocycles. The molecular weight excluding hydrogens is 170 g/mol. The number of hydrogen-bond acceptors (Lipinski definition) is 3. The van der Waals surface area contributed by atoms with Gasteiger partial charge in [0, 0.05) is 32.2 Å². The van der Waals surface area contributed by atoms with Gasteiger partial charge in [-0.3, -0.25) is 4.98 Å². The van der Waals surface area contributed by atoms with Gasteiger partial charge in [0.2, 0.25) is 0 Å². The van der Waals surface area contributed by atoms with E-state index in [1.165, 1.54) is 0 Å². The fourth-order valence-electron chi connectivity index (χ4n) is 0.967. The molecule has 0 saturated heterocycles. The van der Waals surface area contributed by atoms with E-state index in [4.69, 9.17) is 18.0 Å². The zero-order chi connectivity index (χ0) is 9.14. The number of pyridine rings is 1. The number of nitrogens with zero attached hydrogens (tertiary/aromatic N) is 2. The van der Waals surface area contributed by atoms with Crippen molar-refractivity contribution in [2.75, 3.05) is 19.0 Å². The van der Waals surface area contributed by atoms with Crippen molar-refractivity contribution >= 4 is 22.9 Å². The first-order valence-corrected chi connectivity index (χ1v) is 3.95. The van der Waals surface area contributed by atoms with Crippen LogP contribution >= 0.6 is 12.2 Å². The summed E-state index contributed by atoms with van der Waals surface area (Å²) in [6.07, 6.45) is 3.40. The molecule has 4 heteroatoms. The normalized spacial score (nSPS) is 9.50. The van der Waals surface area contributed by atoms with Gasteiger partial charge < -0.3 is 10.6 Å². The topological polar surface area (TPSA) is 42.2 Å². The lowest BCUT2D eigenvalue weighted by molar-refractivity contribution is 1.11. The van der Waals surface area contributed by atoms with Crippen LogP contribution in [0, 0.1) is 0 Å². The van der Waals surface area contributed by atoms with E-state index in [2.05, 4.69) is 4.98 Å². The lowest BCUT2D eigenvalue weighted by atomic mass is 10.2. The highest BCUT2D eigenvalue weighted by atomic mass is 32.1.